The van der Waals surface area contributed by atoms with Crippen LogP contribution in [-0.2, 0) is 4.74 Å². The van der Waals surface area contributed by atoms with Crippen LogP contribution in [0.4, 0.5) is 4.79 Å². The Morgan fingerprint density at radius 1 is 1.23 bits per heavy atom. The lowest BCUT2D eigenvalue weighted by Gasteiger charge is -2.41. The fourth-order valence-corrected chi connectivity index (χ4v) is 4.37. The third-order valence-corrected chi connectivity index (χ3v) is 5.75. The Bertz CT molecular complexity index is 393. The zero-order valence-corrected chi connectivity index (χ0v) is 14.1. The summed E-state index contributed by atoms with van der Waals surface area (Å²) in [6.07, 6.45) is 9.36. The second-order valence-corrected chi connectivity index (χ2v) is 7.59. The zero-order chi connectivity index (χ0) is 15.6. The van der Waals surface area contributed by atoms with Crippen molar-refractivity contribution >= 4 is 6.03 Å². The normalized spacial score (nSPS) is 31.7. The lowest BCUT2D eigenvalue weighted by molar-refractivity contribution is -0.0928. The molecule has 0 aromatic heterocycles. The summed E-state index contributed by atoms with van der Waals surface area (Å²) in [6.45, 7) is 2.21. The van der Waals surface area contributed by atoms with Crippen LogP contribution in [0.2, 0.25) is 0 Å². The van der Waals surface area contributed by atoms with Crippen molar-refractivity contribution in [1.82, 2.24) is 15.1 Å². The van der Waals surface area contributed by atoms with Crippen LogP contribution in [0.5, 0.6) is 0 Å². The number of hydrogen-bond acceptors (Lipinski definition) is 3. The Morgan fingerprint density at radius 2 is 2.00 bits per heavy atom. The first-order chi connectivity index (χ1) is 10.6. The Labute approximate surface area is 134 Å². The van der Waals surface area contributed by atoms with E-state index in [-0.39, 0.29) is 11.6 Å². The summed E-state index contributed by atoms with van der Waals surface area (Å²) in [5, 5.41) is 3.28. The minimum Gasteiger partial charge on any atom is -0.371 e. The van der Waals surface area contributed by atoms with Crippen molar-refractivity contribution in [3.05, 3.63) is 0 Å². The van der Waals surface area contributed by atoms with Crippen LogP contribution >= 0.6 is 0 Å². The Hall–Kier alpha value is -0.810. The lowest BCUT2D eigenvalue weighted by atomic mass is 9.90. The van der Waals surface area contributed by atoms with E-state index in [1.807, 2.05) is 4.90 Å². The maximum absolute atomic E-state index is 12.6. The number of carbonyl (C=O) groups excluding carboxylic acids is 1. The minimum atomic E-state index is -0.0334. The lowest BCUT2D eigenvalue weighted by Crippen LogP contribution is -2.56. The number of urea groups is 1. The van der Waals surface area contributed by atoms with Crippen LogP contribution in [-0.4, -0.2) is 67.3 Å². The summed E-state index contributed by atoms with van der Waals surface area (Å²) in [5.74, 6) is 0. The van der Waals surface area contributed by atoms with Gasteiger partial charge >= 0.3 is 6.03 Å². The predicted molar refractivity (Wildman–Crippen MR) is 87.0 cm³/mol. The molecule has 3 fully saturated rings. The molecule has 22 heavy (non-hydrogen) atoms. The molecule has 0 radical (unpaired) electrons. The zero-order valence-electron chi connectivity index (χ0n) is 14.1. The topological polar surface area (TPSA) is 44.8 Å². The van der Waals surface area contributed by atoms with Crippen LogP contribution in [0.3, 0.4) is 0 Å². The molecule has 1 heterocycles. The van der Waals surface area contributed by atoms with Crippen LogP contribution in [0, 0.1) is 0 Å². The van der Waals surface area contributed by atoms with Gasteiger partial charge in [-0.1, -0.05) is 12.8 Å². The Morgan fingerprint density at radius 3 is 2.73 bits per heavy atom. The number of rotatable bonds is 2. The molecule has 0 aromatic carbocycles. The molecule has 2 amide bonds. The summed E-state index contributed by atoms with van der Waals surface area (Å²) in [4.78, 5) is 16.9. The quantitative estimate of drug-likeness (QED) is 0.850. The molecular formula is C17H31N3O2. The second-order valence-electron chi connectivity index (χ2n) is 7.59. The molecule has 3 rings (SSSR count). The highest BCUT2D eigenvalue weighted by atomic mass is 16.5. The number of amides is 2. The molecule has 3 aliphatic rings. The number of nitrogens with one attached hydrogen (secondary N) is 1. The van der Waals surface area contributed by atoms with Gasteiger partial charge in [0.25, 0.3) is 0 Å². The molecule has 2 saturated carbocycles. The number of carbonyl (C=O) groups is 1. The summed E-state index contributed by atoms with van der Waals surface area (Å²) in [5.41, 5.74) is -0.0334. The second kappa shape index (κ2) is 6.75. The van der Waals surface area contributed by atoms with Crippen molar-refractivity contribution < 1.29 is 9.53 Å². The van der Waals surface area contributed by atoms with Crippen molar-refractivity contribution in [2.24, 2.45) is 0 Å². The average Bonchev–Trinajstić information content (AvgIpc) is 2.95. The molecule has 1 N–H and O–H groups in total. The number of hydrogen-bond donors (Lipinski definition) is 1. The van der Waals surface area contributed by atoms with Gasteiger partial charge in [-0.2, -0.15) is 0 Å². The van der Waals surface area contributed by atoms with Crippen molar-refractivity contribution in [2.75, 3.05) is 33.8 Å². The average molecular weight is 309 g/mol. The highest BCUT2D eigenvalue weighted by Gasteiger charge is 2.41. The van der Waals surface area contributed by atoms with Gasteiger partial charge in [-0.15, -0.1) is 0 Å². The van der Waals surface area contributed by atoms with Gasteiger partial charge in [0.1, 0.15) is 0 Å². The summed E-state index contributed by atoms with van der Waals surface area (Å²) < 4.78 is 6.02. The fourth-order valence-electron chi connectivity index (χ4n) is 4.37. The van der Waals surface area contributed by atoms with E-state index in [1.165, 1.54) is 25.7 Å². The van der Waals surface area contributed by atoms with Crippen molar-refractivity contribution in [2.45, 2.75) is 69.1 Å². The van der Waals surface area contributed by atoms with Crippen molar-refractivity contribution in [3.8, 4) is 0 Å². The van der Waals surface area contributed by atoms with Crippen molar-refractivity contribution in [1.29, 1.82) is 0 Å². The number of ether oxygens (including phenoxy) is 1. The number of nitrogens with zero attached hydrogens (tertiary/aromatic N) is 2. The van der Waals surface area contributed by atoms with E-state index in [9.17, 15) is 4.79 Å². The minimum absolute atomic E-state index is 0.0334. The molecule has 5 heteroatoms. The van der Waals surface area contributed by atoms with Crippen molar-refractivity contribution in [3.63, 3.8) is 0 Å². The van der Waals surface area contributed by atoms with Gasteiger partial charge in [0, 0.05) is 18.6 Å². The standard InChI is InChI=1S/C17H31N3O2/c1-19(2)15-7-5-6-14(12-15)18-16(21)20-10-11-22-17(13-20)8-3-4-9-17/h14-15H,3-13H2,1-2H3,(H,18,21)/t14-,15-/m1/s1. The third-order valence-electron chi connectivity index (χ3n) is 5.75. The van der Waals surface area contributed by atoms with Gasteiger partial charge in [0.15, 0.2) is 0 Å². The molecule has 0 bridgehead atoms. The number of morpholine rings is 1. The molecule has 126 valence electrons. The predicted octanol–water partition coefficient (Wildman–Crippen LogP) is 2.21. The fraction of sp³-hybridized carbons (Fsp3) is 0.941. The van der Waals surface area contributed by atoms with Crippen LogP contribution in [0.1, 0.15) is 51.4 Å². The molecule has 5 nitrogen and oxygen atoms in total. The first kappa shape index (κ1) is 16.1. The largest absolute Gasteiger partial charge is 0.371 e. The Kier molecular flexibility index (Phi) is 4.93. The van der Waals surface area contributed by atoms with E-state index in [0.717, 1.165) is 38.8 Å². The van der Waals surface area contributed by atoms with E-state index < -0.39 is 0 Å². The molecular weight excluding hydrogens is 278 g/mol. The maximum atomic E-state index is 12.6. The van der Waals surface area contributed by atoms with E-state index in [1.54, 1.807) is 0 Å². The van der Waals surface area contributed by atoms with Gasteiger partial charge in [0.05, 0.1) is 18.8 Å². The maximum Gasteiger partial charge on any atom is 0.317 e. The van der Waals surface area contributed by atoms with Crippen LogP contribution < -0.4 is 5.32 Å². The molecule has 1 spiro atoms. The monoisotopic (exact) mass is 309 g/mol. The SMILES string of the molecule is CN(C)[C@@H]1CCC[C@@H](NC(=O)N2CCOC3(CCCC3)C2)C1. The van der Waals surface area contributed by atoms with E-state index in [2.05, 4.69) is 24.3 Å². The molecule has 2 aliphatic carbocycles. The van der Waals surface area contributed by atoms with Crippen LogP contribution in [0.15, 0.2) is 0 Å². The molecule has 0 aromatic rings. The van der Waals surface area contributed by atoms with E-state index >= 15 is 0 Å². The molecule has 1 aliphatic heterocycles. The van der Waals surface area contributed by atoms with Gasteiger partial charge in [-0.25, -0.2) is 4.79 Å². The smallest absolute Gasteiger partial charge is 0.317 e. The third kappa shape index (κ3) is 3.57. The molecule has 2 atom stereocenters. The summed E-state index contributed by atoms with van der Waals surface area (Å²) >= 11 is 0. The van der Waals surface area contributed by atoms with Gasteiger partial charge in [-0.05, 0) is 52.6 Å². The molecule has 0 unspecified atom stereocenters. The molecule has 1 saturated heterocycles. The van der Waals surface area contributed by atoms with E-state index in [0.29, 0.717) is 18.7 Å². The van der Waals surface area contributed by atoms with E-state index in [4.69, 9.17) is 4.74 Å². The van der Waals surface area contributed by atoms with Crippen LogP contribution in [0.25, 0.3) is 0 Å². The highest BCUT2D eigenvalue weighted by molar-refractivity contribution is 5.74. The van der Waals surface area contributed by atoms with Gasteiger partial charge in [0.2, 0.25) is 0 Å². The first-order valence-corrected chi connectivity index (χ1v) is 8.94. The Balaban J connectivity index is 1.53. The van der Waals surface area contributed by atoms with Gasteiger partial charge < -0.3 is 19.9 Å². The summed E-state index contributed by atoms with van der Waals surface area (Å²) in [7, 11) is 4.28. The first-order valence-electron chi connectivity index (χ1n) is 8.94. The highest BCUT2D eigenvalue weighted by Crippen LogP contribution is 2.35. The van der Waals surface area contributed by atoms with Gasteiger partial charge in [-0.3, -0.25) is 0 Å². The summed E-state index contributed by atoms with van der Waals surface area (Å²) in [6, 6.07) is 1.06.